The first-order valence-corrected chi connectivity index (χ1v) is 11.5. The summed E-state index contributed by atoms with van der Waals surface area (Å²) in [6.07, 6.45) is 4.16. The van der Waals surface area contributed by atoms with Gasteiger partial charge < -0.3 is 5.32 Å². The van der Waals surface area contributed by atoms with Crippen molar-refractivity contribution in [1.82, 2.24) is 14.9 Å². The average Bonchev–Trinajstić information content (AvgIpc) is 2.94. The lowest BCUT2D eigenvalue weighted by atomic mass is 10.1. The Morgan fingerprint density at radius 2 is 1.83 bits per heavy atom. The molecular formula is C22H23N3O3S. The molecule has 150 valence electrons. The third-order valence-corrected chi connectivity index (χ3v) is 6.41. The van der Waals surface area contributed by atoms with Crippen molar-refractivity contribution in [2.24, 2.45) is 0 Å². The molecule has 6 nitrogen and oxygen atoms in total. The van der Waals surface area contributed by atoms with Crippen LogP contribution in [0.5, 0.6) is 0 Å². The topological polar surface area (TPSA) is 81.1 Å². The van der Waals surface area contributed by atoms with E-state index in [0.717, 1.165) is 47.7 Å². The summed E-state index contributed by atoms with van der Waals surface area (Å²) in [6.45, 7) is 0. The van der Waals surface area contributed by atoms with Crippen LogP contribution in [0.3, 0.4) is 0 Å². The van der Waals surface area contributed by atoms with Crippen LogP contribution in [-0.2, 0) is 33.9 Å². The molecule has 7 heteroatoms. The largest absolute Gasteiger partial charge is 0.359 e. The zero-order chi connectivity index (χ0) is 20.6. The molecule has 3 aromatic rings. The van der Waals surface area contributed by atoms with E-state index in [2.05, 4.69) is 22.0 Å². The van der Waals surface area contributed by atoms with Crippen LogP contribution in [0.1, 0.15) is 23.5 Å². The van der Waals surface area contributed by atoms with Gasteiger partial charge in [-0.3, -0.25) is 9.36 Å². The lowest BCUT2D eigenvalue weighted by molar-refractivity contribution is -0.120. The van der Waals surface area contributed by atoms with Crippen LogP contribution in [0.4, 0.5) is 0 Å². The van der Waals surface area contributed by atoms with Gasteiger partial charge in [-0.2, -0.15) is 0 Å². The van der Waals surface area contributed by atoms with Gasteiger partial charge in [0.25, 0.3) is 0 Å². The highest BCUT2D eigenvalue weighted by Crippen LogP contribution is 2.32. The maximum absolute atomic E-state index is 12.3. The summed E-state index contributed by atoms with van der Waals surface area (Å²) < 4.78 is 25.7. The number of hydrogen-bond acceptors (Lipinski definition) is 4. The number of hydrogen-bond donors (Lipinski definition) is 1. The number of fused-ring (bicyclic) bond motifs is 3. The monoisotopic (exact) mass is 409 g/mol. The highest BCUT2D eigenvalue weighted by molar-refractivity contribution is 7.90. The molecule has 2 aromatic carbocycles. The van der Waals surface area contributed by atoms with Crippen LogP contribution in [-0.4, -0.2) is 37.2 Å². The smallest absolute Gasteiger partial charge is 0.225 e. The van der Waals surface area contributed by atoms with Crippen LogP contribution < -0.4 is 5.32 Å². The van der Waals surface area contributed by atoms with Crippen molar-refractivity contribution in [1.29, 1.82) is 0 Å². The van der Waals surface area contributed by atoms with E-state index in [1.165, 1.54) is 11.8 Å². The molecule has 0 saturated carbocycles. The minimum atomic E-state index is -3.27. The molecule has 0 aliphatic carbocycles. The maximum atomic E-state index is 12.3. The minimum absolute atomic E-state index is 0.0940. The lowest BCUT2D eigenvalue weighted by Gasteiger charge is -2.14. The van der Waals surface area contributed by atoms with Gasteiger partial charge in [-0.15, -0.1) is 0 Å². The lowest BCUT2D eigenvalue weighted by Crippen LogP contribution is -2.22. The molecule has 0 radical (unpaired) electrons. The van der Waals surface area contributed by atoms with Crippen LogP contribution in [0.2, 0.25) is 0 Å². The molecule has 1 N–H and O–H groups in total. The molecular weight excluding hydrogens is 386 g/mol. The Morgan fingerprint density at radius 3 is 2.52 bits per heavy atom. The Balaban J connectivity index is 1.91. The zero-order valence-corrected chi connectivity index (χ0v) is 17.3. The highest BCUT2D eigenvalue weighted by atomic mass is 32.2. The van der Waals surface area contributed by atoms with E-state index in [-0.39, 0.29) is 17.2 Å². The molecule has 29 heavy (non-hydrogen) atoms. The average molecular weight is 410 g/mol. The highest BCUT2D eigenvalue weighted by Gasteiger charge is 2.24. The van der Waals surface area contributed by atoms with Crippen molar-refractivity contribution in [3.05, 3.63) is 65.6 Å². The van der Waals surface area contributed by atoms with Crippen molar-refractivity contribution < 1.29 is 13.2 Å². The maximum Gasteiger partial charge on any atom is 0.225 e. The van der Waals surface area contributed by atoms with Crippen molar-refractivity contribution >= 4 is 15.7 Å². The second-order valence-electron chi connectivity index (χ2n) is 7.29. The van der Waals surface area contributed by atoms with Crippen molar-refractivity contribution in [3.63, 3.8) is 0 Å². The number of carbonyl (C=O) groups excluding carboxylic acids is 1. The number of aromatic nitrogens is 2. The van der Waals surface area contributed by atoms with Gasteiger partial charge in [-0.05, 0) is 36.6 Å². The Bertz CT molecular complexity index is 1180. The van der Waals surface area contributed by atoms with Gasteiger partial charge in [0.05, 0.1) is 28.4 Å². The zero-order valence-electron chi connectivity index (χ0n) is 16.5. The standard InChI is InChI=1S/C22H23N3O3S/c1-23-21(26)14-19-22(16-10-12-17(13-11-16)29(2,27)28)24-20-9-5-7-15-6-3-4-8-18(15)25(19)20/h3-4,6,8,10-13H,5,7,9,14H2,1-2H3,(H,23,26). The normalized spacial score (nSPS) is 13.3. The molecule has 1 aliphatic heterocycles. The third-order valence-electron chi connectivity index (χ3n) is 5.28. The number of aryl methyl sites for hydroxylation is 2. The number of sulfone groups is 1. The van der Waals surface area contributed by atoms with Gasteiger partial charge in [-0.25, -0.2) is 13.4 Å². The van der Waals surface area contributed by atoms with Gasteiger partial charge in [-0.1, -0.05) is 30.3 Å². The van der Waals surface area contributed by atoms with Crippen molar-refractivity contribution in [2.75, 3.05) is 13.3 Å². The quantitative estimate of drug-likeness (QED) is 0.718. The fourth-order valence-corrected chi connectivity index (χ4v) is 4.46. The minimum Gasteiger partial charge on any atom is -0.359 e. The van der Waals surface area contributed by atoms with Crippen LogP contribution >= 0.6 is 0 Å². The Labute approximate surface area is 170 Å². The van der Waals surface area contributed by atoms with Gasteiger partial charge in [0.1, 0.15) is 5.82 Å². The van der Waals surface area contributed by atoms with Crippen molar-refractivity contribution in [3.8, 4) is 16.9 Å². The summed E-state index contributed by atoms with van der Waals surface area (Å²) in [5.41, 5.74) is 4.64. The second-order valence-corrected chi connectivity index (χ2v) is 9.30. The summed E-state index contributed by atoms with van der Waals surface area (Å²) in [5, 5.41) is 2.70. The number of nitrogens with one attached hydrogen (secondary N) is 1. The molecule has 0 bridgehead atoms. The van der Waals surface area contributed by atoms with E-state index in [1.807, 2.05) is 12.1 Å². The van der Waals surface area contributed by atoms with E-state index in [1.54, 1.807) is 31.3 Å². The molecule has 1 aliphatic rings. The van der Waals surface area contributed by atoms with E-state index in [4.69, 9.17) is 4.98 Å². The molecule has 1 aromatic heterocycles. The summed E-state index contributed by atoms with van der Waals surface area (Å²) >= 11 is 0. The number of rotatable bonds is 4. The predicted octanol–water partition coefficient (Wildman–Crippen LogP) is 2.72. The SMILES string of the molecule is CNC(=O)Cc1c(-c2ccc(S(C)(=O)=O)cc2)nc2n1-c1ccccc1CCC2. The van der Waals surface area contributed by atoms with E-state index in [0.29, 0.717) is 0 Å². The van der Waals surface area contributed by atoms with Gasteiger partial charge in [0.2, 0.25) is 5.91 Å². The number of benzene rings is 2. The first kappa shape index (κ1) is 19.4. The fraction of sp³-hybridized carbons (Fsp3) is 0.273. The molecule has 4 rings (SSSR count). The first-order valence-electron chi connectivity index (χ1n) is 9.58. The van der Waals surface area contributed by atoms with Crippen LogP contribution in [0.15, 0.2) is 53.4 Å². The summed E-state index contributed by atoms with van der Waals surface area (Å²) in [4.78, 5) is 17.5. The first-order chi connectivity index (χ1) is 13.9. The Kier molecular flexibility index (Phi) is 5.00. The summed E-state index contributed by atoms with van der Waals surface area (Å²) in [6, 6.07) is 14.9. The second kappa shape index (κ2) is 7.48. The molecule has 0 spiro atoms. The van der Waals surface area contributed by atoms with Crippen LogP contribution in [0, 0.1) is 0 Å². The third kappa shape index (κ3) is 3.70. The fourth-order valence-electron chi connectivity index (χ4n) is 3.83. The predicted molar refractivity (Wildman–Crippen MR) is 112 cm³/mol. The summed E-state index contributed by atoms with van der Waals surface area (Å²) in [7, 11) is -1.65. The Hall–Kier alpha value is -2.93. The number of amides is 1. The van der Waals surface area contributed by atoms with Gasteiger partial charge in [0, 0.05) is 25.3 Å². The van der Waals surface area contributed by atoms with Crippen LogP contribution in [0.25, 0.3) is 16.9 Å². The molecule has 0 atom stereocenters. The Morgan fingerprint density at radius 1 is 1.10 bits per heavy atom. The molecule has 2 heterocycles. The van der Waals surface area contributed by atoms with Crippen molar-refractivity contribution in [2.45, 2.75) is 30.6 Å². The van der Waals surface area contributed by atoms with Gasteiger partial charge in [0.15, 0.2) is 9.84 Å². The number of carbonyl (C=O) groups is 1. The molecule has 0 saturated heterocycles. The molecule has 0 fully saturated rings. The summed E-state index contributed by atoms with van der Waals surface area (Å²) in [5.74, 6) is 0.833. The van der Waals surface area contributed by atoms with Gasteiger partial charge >= 0.3 is 0 Å². The van der Waals surface area contributed by atoms with E-state index >= 15 is 0 Å². The number of likely N-dealkylation sites (N-methyl/N-ethyl adjacent to an activating group) is 1. The number of para-hydroxylation sites is 1. The van der Waals surface area contributed by atoms with E-state index in [9.17, 15) is 13.2 Å². The molecule has 0 unspecified atom stereocenters. The molecule has 1 amide bonds. The van der Waals surface area contributed by atoms with E-state index < -0.39 is 9.84 Å². The number of nitrogens with zero attached hydrogens (tertiary/aromatic N) is 2. The number of imidazole rings is 1.